The second-order valence-corrected chi connectivity index (χ2v) is 6.79. The minimum Gasteiger partial charge on any atom is -0.461 e. The average Bonchev–Trinajstić information content (AvgIpc) is 3.33. The highest BCUT2D eigenvalue weighted by Gasteiger charge is 2.21. The maximum atomic E-state index is 12.8. The van der Waals surface area contributed by atoms with Gasteiger partial charge in [-0.2, -0.15) is 4.98 Å². The van der Waals surface area contributed by atoms with Gasteiger partial charge < -0.3 is 8.94 Å². The third kappa shape index (κ3) is 2.03. The molecule has 5 rings (SSSR count). The molecule has 0 N–H and O–H groups in total. The van der Waals surface area contributed by atoms with E-state index in [-0.39, 0.29) is 12.1 Å². The fourth-order valence-corrected chi connectivity index (χ4v) is 4.32. The Bertz CT molecular complexity index is 1090. The second-order valence-electron chi connectivity index (χ2n) is 5.70. The number of fused-ring (bicyclic) bond motifs is 3. The van der Waals surface area contributed by atoms with Crippen LogP contribution in [0.25, 0.3) is 21.8 Å². The highest BCUT2D eigenvalue weighted by Crippen LogP contribution is 2.34. The highest BCUT2D eigenvalue weighted by molar-refractivity contribution is 7.18. The molecule has 0 atom stereocenters. The van der Waals surface area contributed by atoms with Crippen LogP contribution in [0.4, 0.5) is 0 Å². The molecule has 4 aromatic heterocycles. The minimum atomic E-state index is -0.0443. The lowest BCUT2D eigenvalue weighted by atomic mass is 10.2. The number of nitrogens with zero attached hydrogens (tertiary/aromatic N) is 4. The van der Waals surface area contributed by atoms with Gasteiger partial charge in [-0.15, -0.1) is 11.3 Å². The number of hydrogen-bond acceptors (Lipinski definition) is 7. The van der Waals surface area contributed by atoms with Gasteiger partial charge in [0.05, 0.1) is 18.0 Å². The van der Waals surface area contributed by atoms with Crippen LogP contribution in [-0.4, -0.2) is 19.7 Å². The molecule has 0 fully saturated rings. The molecule has 0 saturated carbocycles. The van der Waals surface area contributed by atoms with Crippen molar-refractivity contribution in [2.45, 2.75) is 25.8 Å². The molecule has 0 aliphatic heterocycles. The quantitative estimate of drug-likeness (QED) is 0.570. The van der Waals surface area contributed by atoms with E-state index in [0.29, 0.717) is 17.5 Å². The van der Waals surface area contributed by atoms with E-state index in [9.17, 15) is 4.79 Å². The molecular weight excluding hydrogens is 328 g/mol. The van der Waals surface area contributed by atoms with Crippen molar-refractivity contribution in [3.63, 3.8) is 0 Å². The maximum absolute atomic E-state index is 12.8. The Morgan fingerprint density at radius 1 is 1.33 bits per heavy atom. The smallest absolute Gasteiger partial charge is 0.262 e. The summed E-state index contributed by atoms with van der Waals surface area (Å²) in [5.41, 5.74) is 1.13. The molecule has 4 heterocycles. The van der Waals surface area contributed by atoms with Crippen LogP contribution in [0, 0.1) is 0 Å². The standard InChI is InChI=1S/C16H12N4O3S/c21-16-13-9-3-1-5-11(9)24-15(13)17-8-20(16)7-12-18-14(19-23-12)10-4-2-6-22-10/h2,4,6,8H,1,3,5,7H2. The maximum Gasteiger partial charge on any atom is 0.262 e. The van der Waals surface area contributed by atoms with Crippen LogP contribution in [0.5, 0.6) is 0 Å². The molecule has 0 saturated heterocycles. The molecule has 0 bridgehead atoms. The highest BCUT2D eigenvalue weighted by atomic mass is 32.1. The lowest BCUT2D eigenvalue weighted by Crippen LogP contribution is -2.21. The summed E-state index contributed by atoms with van der Waals surface area (Å²) in [6.45, 7) is 0.195. The van der Waals surface area contributed by atoms with Crippen LogP contribution < -0.4 is 5.56 Å². The van der Waals surface area contributed by atoms with Crippen LogP contribution >= 0.6 is 11.3 Å². The molecule has 0 amide bonds. The topological polar surface area (TPSA) is 87.0 Å². The SMILES string of the molecule is O=c1c2c3c(sc2ncn1Cc1nc(-c2ccco2)no1)CCC3. The number of aryl methyl sites for hydroxylation is 2. The predicted octanol–water partition coefficient (Wildman–Crippen LogP) is 2.64. The van der Waals surface area contributed by atoms with Crippen molar-refractivity contribution >= 4 is 21.6 Å². The summed E-state index contributed by atoms with van der Waals surface area (Å²) >= 11 is 1.63. The Morgan fingerprint density at radius 2 is 2.29 bits per heavy atom. The van der Waals surface area contributed by atoms with Crippen LogP contribution in [-0.2, 0) is 19.4 Å². The molecule has 4 aromatic rings. The van der Waals surface area contributed by atoms with Crippen LogP contribution in [0.1, 0.15) is 22.8 Å². The minimum absolute atomic E-state index is 0.0443. The number of hydrogen-bond donors (Lipinski definition) is 0. The van der Waals surface area contributed by atoms with Gasteiger partial charge in [0.1, 0.15) is 11.4 Å². The fourth-order valence-electron chi connectivity index (χ4n) is 3.10. The summed E-state index contributed by atoms with van der Waals surface area (Å²) in [6.07, 6.45) is 6.21. The first kappa shape index (κ1) is 13.7. The fraction of sp³-hybridized carbons (Fsp3) is 0.250. The Balaban J connectivity index is 1.53. The van der Waals surface area contributed by atoms with E-state index in [1.807, 2.05) is 0 Å². The van der Waals surface area contributed by atoms with Gasteiger partial charge in [0.2, 0.25) is 11.7 Å². The predicted molar refractivity (Wildman–Crippen MR) is 87.0 cm³/mol. The van der Waals surface area contributed by atoms with Gasteiger partial charge in [0, 0.05) is 4.88 Å². The average molecular weight is 340 g/mol. The molecule has 0 radical (unpaired) electrons. The third-order valence-corrected chi connectivity index (χ3v) is 5.41. The first-order valence-corrected chi connectivity index (χ1v) is 8.47. The zero-order chi connectivity index (χ0) is 16.1. The Kier molecular flexibility index (Phi) is 2.93. The molecule has 0 unspecified atom stereocenters. The van der Waals surface area contributed by atoms with Crippen molar-refractivity contribution in [2.75, 3.05) is 0 Å². The molecule has 120 valence electrons. The van der Waals surface area contributed by atoms with E-state index in [1.54, 1.807) is 36.1 Å². The summed E-state index contributed by atoms with van der Waals surface area (Å²) in [5, 5.41) is 4.63. The molecular formula is C16H12N4O3S. The van der Waals surface area contributed by atoms with Gasteiger partial charge in [-0.3, -0.25) is 9.36 Å². The molecule has 0 spiro atoms. The summed E-state index contributed by atoms with van der Waals surface area (Å²) < 4.78 is 12.0. The summed E-state index contributed by atoms with van der Waals surface area (Å²) in [5.74, 6) is 1.24. The second kappa shape index (κ2) is 5.13. The van der Waals surface area contributed by atoms with Gasteiger partial charge in [0.15, 0.2) is 5.76 Å². The van der Waals surface area contributed by atoms with E-state index < -0.39 is 0 Å². The zero-order valence-electron chi connectivity index (χ0n) is 12.6. The zero-order valence-corrected chi connectivity index (χ0v) is 13.4. The van der Waals surface area contributed by atoms with Crippen LogP contribution in [0.3, 0.4) is 0 Å². The summed E-state index contributed by atoms with van der Waals surface area (Å²) in [7, 11) is 0. The van der Waals surface area contributed by atoms with Crippen molar-refractivity contribution in [1.82, 2.24) is 19.7 Å². The Morgan fingerprint density at radius 3 is 3.17 bits per heavy atom. The molecule has 1 aliphatic carbocycles. The number of thiophene rings is 1. The monoisotopic (exact) mass is 340 g/mol. The van der Waals surface area contributed by atoms with Gasteiger partial charge >= 0.3 is 0 Å². The van der Waals surface area contributed by atoms with Crippen LogP contribution in [0.2, 0.25) is 0 Å². The molecule has 1 aliphatic rings. The van der Waals surface area contributed by atoms with E-state index in [4.69, 9.17) is 8.94 Å². The molecule has 0 aromatic carbocycles. The first-order chi connectivity index (χ1) is 11.8. The van der Waals surface area contributed by atoms with Crippen LogP contribution in [0.15, 0.2) is 38.5 Å². The molecule has 7 nitrogen and oxygen atoms in total. The van der Waals surface area contributed by atoms with E-state index in [2.05, 4.69) is 15.1 Å². The van der Waals surface area contributed by atoms with E-state index >= 15 is 0 Å². The lowest BCUT2D eigenvalue weighted by molar-refractivity contribution is 0.368. The largest absolute Gasteiger partial charge is 0.461 e. The van der Waals surface area contributed by atoms with Crippen molar-refractivity contribution in [2.24, 2.45) is 0 Å². The third-order valence-electron chi connectivity index (χ3n) is 4.21. The summed E-state index contributed by atoms with van der Waals surface area (Å²) in [6, 6.07) is 3.51. The summed E-state index contributed by atoms with van der Waals surface area (Å²) in [4.78, 5) is 23.6. The van der Waals surface area contributed by atoms with Crippen molar-refractivity contribution in [3.8, 4) is 11.6 Å². The lowest BCUT2D eigenvalue weighted by Gasteiger charge is -2.02. The van der Waals surface area contributed by atoms with Crippen molar-refractivity contribution in [1.29, 1.82) is 0 Å². The van der Waals surface area contributed by atoms with Gasteiger partial charge in [-0.05, 0) is 37.0 Å². The van der Waals surface area contributed by atoms with E-state index in [1.165, 1.54) is 15.0 Å². The number of rotatable bonds is 3. The normalized spacial score (nSPS) is 13.7. The van der Waals surface area contributed by atoms with E-state index in [0.717, 1.165) is 29.5 Å². The first-order valence-electron chi connectivity index (χ1n) is 7.66. The Hall–Kier alpha value is -2.74. The number of furan rings is 1. The van der Waals surface area contributed by atoms with Gasteiger partial charge in [0.25, 0.3) is 5.56 Å². The number of aromatic nitrogens is 4. The Labute approximate surface area is 139 Å². The van der Waals surface area contributed by atoms with Crippen molar-refractivity contribution < 1.29 is 8.94 Å². The van der Waals surface area contributed by atoms with Crippen molar-refractivity contribution in [3.05, 3.63) is 51.4 Å². The molecule has 24 heavy (non-hydrogen) atoms. The van der Waals surface area contributed by atoms with Gasteiger partial charge in [-0.1, -0.05) is 5.16 Å². The van der Waals surface area contributed by atoms with Gasteiger partial charge in [-0.25, -0.2) is 4.98 Å². The molecule has 8 heteroatoms.